The molecule has 0 aromatic heterocycles. The fourth-order valence-electron chi connectivity index (χ4n) is 3.01. The second-order valence-electron chi connectivity index (χ2n) is 5.61. The highest BCUT2D eigenvalue weighted by Gasteiger charge is 2.48. The first-order valence-electron chi connectivity index (χ1n) is 7.43. The number of hydrogen-bond acceptors (Lipinski definition) is 4. The fourth-order valence-corrected chi connectivity index (χ4v) is 3.01. The van der Waals surface area contributed by atoms with Gasteiger partial charge in [-0.25, -0.2) is 0 Å². The minimum absolute atomic E-state index is 0.0120. The van der Waals surface area contributed by atoms with Crippen LogP contribution in [0.15, 0.2) is 0 Å². The Balaban J connectivity index is 1.96. The summed E-state index contributed by atoms with van der Waals surface area (Å²) in [5, 5.41) is 0. The Morgan fingerprint density at radius 2 is 1.73 bits per heavy atom. The topological polar surface area (TPSA) is 69.9 Å². The lowest BCUT2D eigenvalue weighted by molar-refractivity contribution is -0.187. The Bertz CT molecular complexity index is 422. The van der Waals surface area contributed by atoms with Crippen molar-refractivity contribution >= 4 is 11.8 Å². The molecule has 0 radical (unpaired) electrons. The molecule has 22 heavy (non-hydrogen) atoms. The highest BCUT2D eigenvalue weighted by molar-refractivity contribution is 5.90. The summed E-state index contributed by atoms with van der Waals surface area (Å²) in [4.78, 5) is 28.2. The average molecular weight is 322 g/mol. The normalized spacial score (nSPS) is 23.9. The van der Waals surface area contributed by atoms with Crippen molar-refractivity contribution in [3.05, 3.63) is 0 Å². The molecule has 9 heteroatoms. The molecule has 1 atom stereocenters. The van der Waals surface area contributed by atoms with Crippen molar-refractivity contribution in [2.24, 2.45) is 5.73 Å². The highest BCUT2D eigenvalue weighted by atomic mass is 19.4. The number of rotatable bonds is 3. The summed E-state index contributed by atoms with van der Waals surface area (Å²) >= 11 is 0. The van der Waals surface area contributed by atoms with Gasteiger partial charge in [-0.2, -0.15) is 13.2 Å². The molecule has 0 bridgehead atoms. The molecular formula is C13H21F3N4O2. The maximum Gasteiger partial charge on any atom is 0.471 e. The van der Waals surface area contributed by atoms with E-state index in [0.29, 0.717) is 50.5 Å². The largest absolute Gasteiger partial charge is 0.471 e. The van der Waals surface area contributed by atoms with Gasteiger partial charge in [-0.1, -0.05) is 0 Å². The van der Waals surface area contributed by atoms with Gasteiger partial charge in [0.1, 0.15) is 6.04 Å². The molecule has 2 fully saturated rings. The molecule has 0 aromatic carbocycles. The molecule has 6 nitrogen and oxygen atoms in total. The second kappa shape index (κ2) is 6.82. The first-order chi connectivity index (χ1) is 10.3. The summed E-state index contributed by atoms with van der Waals surface area (Å²) in [6.45, 7) is 3.50. The van der Waals surface area contributed by atoms with Gasteiger partial charge in [0, 0.05) is 45.8 Å². The number of likely N-dealkylation sites (tertiary alicyclic amines) is 1. The molecule has 126 valence electrons. The van der Waals surface area contributed by atoms with Crippen molar-refractivity contribution in [1.29, 1.82) is 0 Å². The molecule has 2 heterocycles. The average Bonchev–Trinajstić information content (AvgIpc) is 2.95. The van der Waals surface area contributed by atoms with E-state index >= 15 is 0 Å². The SMILES string of the molecule is NCCN1CCN(C(=O)C2CCCN2C(=O)C(F)(F)F)CC1. The molecule has 2 N–H and O–H groups in total. The first-order valence-corrected chi connectivity index (χ1v) is 7.43. The zero-order valence-corrected chi connectivity index (χ0v) is 12.3. The molecule has 2 amide bonds. The van der Waals surface area contributed by atoms with E-state index in [1.165, 1.54) is 0 Å². The van der Waals surface area contributed by atoms with Gasteiger partial charge < -0.3 is 15.5 Å². The van der Waals surface area contributed by atoms with Gasteiger partial charge in [0.2, 0.25) is 5.91 Å². The minimum Gasteiger partial charge on any atom is -0.338 e. The molecule has 0 spiro atoms. The maximum atomic E-state index is 12.6. The molecular weight excluding hydrogens is 301 g/mol. The first kappa shape index (κ1) is 17.0. The summed E-state index contributed by atoms with van der Waals surface area (Å²) in [6, 6.07) is -0.977. The number of alkyl halides is 3. The van der Waals surface area contributed by atoms with Gasteiger partial charge in [-0.3, -0.25) is 14.5 Å². The predicted octanol–water partition coefficient (Wildman–Crippen LogP) is -0.357. The number of carbonyl (C=O) groups excluding carboxylic acids is 2. The maximum absolute atomic E-state index is 12.6. The van der Waals surface area contributed by atoms with Gasteiger partial charge in [-0.05, 0) is 12.8 Å². The number of nitrogens with zero attached hydrogens (tertiary/aromatic N) is 3. The van der Waals surface area contributed by atoms with E-state index in [0.717, 1.165) is 6.54 Å². The van der Waals surface area contributed by atoms with Crippen molar-refractivity contribution < 1.29 is 22.8 Å². The van der Waals surface area contributed by atoms with Crippen molar-refractivity contribution in [1.82, 2.24) is 14.7 Å². The minimum atomic E-state index is -4.93. The van der Waals surface area contributed by atoms with E-state index in [4.69, 9.17) is 5.73 Å². The summed E-state index contributed by atoms with van der Waals surface area (Å²) in [5.41, 5.74) is 5.47. The molecule has 0 aliphatic carbocycles. The Morgan fingerprint density at radius 1 is 1.09 bits per heavy atom. The van der Waals surface area contributed by atoms with Gasteiger partial charge >= 0.3 is 12.1 Å². The van der Waals surface area contributed by atoms with Crippen LogP contribution in [0, 0.1) is 0 Å². The number of amides is 2. The van der Waals surface area contributed by atoms with Crippen LogP contribution in [0.1, 0.15) is 12.8 Å². The lowest BCUT2D eigenvalue weighted by atomic mass is 10.1. The van der Waals surface area contributed by atoms with Crippen LogP contribution in [0.25, 0.3) is 0 Å². The third kappa shape index (κ3) is 3.70. The van der Waals surface area contributed by atoms with Crippen molar-refractivity contribution in [2.45, 2.75) is 25.1 Å². The number of nitrogens with two attached hydrogens (primary N) is 1. The monoisotopic (exact) mass is 322 g/mol. The third-order valence-corrected chi connectivity index (χ3v) is 4.17. The van der Waals surface area contributed by atoms with Crippen LogP contribution in [-0.4, -0.2) is 84.5 Å². The Kier molecular flexibility index (Phi) is 5.28. The van der Waals surface area contributed by atoms with Crippen molar-refractivity contribution in [3.63, 3.8) is 0 Å². The summed E-state index contributed by atoms with van der Waals surface area (Å²) < 4.78 is 37.7. The molecule has 2 rings (SSSR count). The molecule has 2 aliphatic rings. The zero-order valence-electron chi connectivity index (χ0n) is 12.3. The van der Waals surface area contributed by atoms with Crippen LogP contribution in [0.5, 0.6) is 0 Å². The molecule has 2 aliphatic heterocycles. The third-order valence-electron chi connectivity index (χ3n) is 4.17. The Labute approximate surface area is 127 Å². The number of hydrogen-bond donors (Lipinski definition) is 1. The van der Waals surface area contributed by atoms with Gasteiger partial charge in [0.05, 0.1) is 0 Å². The lowest BCUT2D eigenvalue weighted by Gasteiger charge is -2.37. The highest BCUT2D eigenvalue weighted by Crippen LogP contribution is 2.26. The van der Waals surface area contributed by atoms with Gasteiger partial charge in [0.15, 0.2) is 0 Å². The van der Waals surface area contributed by atoms with E-state index < -0.39 is 18.1 Å². The lowest BCUT2D eigenvalue weighted by Crippen LogP contribution is -2.56. The smallest absolute Gasteiger partial charge is 0.338 e. The van der Waals surface area contributed by atoms with Gasteiger partial charge in [-0.15, -0.1) is 0 Å². The van der Waals surface area contributed by atoms with Crippen LogP contribution in [0.4, 0.5) is 13.2 Å². The fraction of sp³-hybridized carbons (Fsp3) is 0.846. The van der Waals surface area contributed by atoms with Crippen LogP contribution >= 0.6 is 0 Å². The van der Waals surface area contributed by atoms with Crippen molar-refractivity contribution in [3.8, 4) is 0 Å². The van der Waals surface area contributed by atoms with E-state index in [2.05, 4.69) is 4.90 Å². The van der Waals surface area contributed by atoms with Crippen LogP contribution < -0.4 is 5.73 Å². The standard InChI is InChI=1S/C13H21F3N4O2/c14-13(15,16)12(22)20-4-1-2-10(20)11(21)19-8-6-18(5-3-17)7-9-19/h10H,1-9,17H2. The predicted molar refractivity (Wildman–Crippen MR) is 72.9 cm³/mol. The summed E-state index contributed by atoms with van der Waals surface area (Å²) in [7, 11) is 0. The summed E-state index contributed by atoms with van der Waals surface area (Å²) in [5.74, 6) is -2.28. The van der Waals surface area contributed by atoms with E-state index in [9.17, 15) is 22.8 Å². The van der Waals surface area contributed by atoms with Crippen LogP contribution in [0.3, 0.4) is 0 Å². The Hall–Kier alpha value is -1.35. The number of carbonyl (C=O) groups is 2. The van der Waals surface area contributed by atoms with E-state index in [-0.39, 0.29) is 12.5 Å². The number of halogens is 3. The molecule has 0 aromatic rings. The van der Waals surface area contributed by atoms with Crippen molar-refractivity contribution in [2.75, 3.05) is 45.8 Å². The van der Waals surface area contributed by atoms with Crippen LogP contribution in [-0.2, 0) is 9.59 Å². The van der Waals surface area contributed by atoms with Crippen LogP contribution in [0.2, 0.25) is 0 Å². The Morgan fingerprint density at radius 3 is 2.27 bits per heavy atom. The van der Waals surface area contributed by atoms with E-state index in [1.54, 1.807) is 4.90 Å². The zero-order chi connectivity index (χ0) is 16.3. The molecule has 0 saturated carbocycles. The van der Waals surface area contributed by atoms with E-state index in [1.807, 2.05) is 0 Å². The number of piperazine rings is 1. The van der Waals surface area contributed by atoms with Gasteiger partial charge in [0.25, 0.3) is 0 Å². The quantitative estimate of drug-likeness (QED) is 0.771. The molecule has 1 unspecified atom stereocenters. The molecule has 2 saturated heterocycles. The second-order valence-corrected chi connectivity index (χ2v) is 5.61. The summed E-state index contributed by atoms with van der Waals surface area (Å²) in [6.07, 6.45) is -4.21.